The first-order valence-corrected chi connectivity index (χ1v) is 23.9. The molecule has 1 nitrogen and oxygen atoms in total. The van der Waals surface area contributed by atoms with E-state index in [9.17, 15) is 0 Å². The van der Waals surface area contributed by atoms with E-state index in [-0.39, 0.29) is 10.8 Å². The van der Waals surface area contributed by atoms with Gasteiger partial charge in [-0.3, -0.25) is 0 Å². The predicted molar refractivity (Wildman–Crippen MR) is 258 cm³/mol. The highest BCUT2D eigenvalue weighted by molar-refractivity contribution is 7.26. The van der Waals surface area contributed by atoms with Crippen LogP contribution in [0.4, 0.5) is 0 Å². The number of nitrogens with zero attached hydrogens (tertiary/aromatic N) is 1. The van der Waals surface area contributed by atoms with Crippen LogP contribution in [0, 0.1) is 0 Å². The fraction of sp³-hybridized carbons (Fsp3) is 0.143. The molecule has 0 saturated heterocycles. The quantitative estimate of drug-likeness (QED) is 0.117. The molecule has 2 heterocycles. The van der Waals surface area contributed by atoms with E-state index in [0.29, 0.717) is 0 Å². The van der Waals surface area contributed by atoms with E-state index in [0.717, 1.165) is 0 Å². The lowest BCUT2D eigenvalue weighted by molar-refractivity contribution is 0.332. The van der Waals surface area contributed by atoms with Gasteiger partial charge in [0, 0.05) is 47.8 Å². The molecule has 0 bridgehead atoms. The van der Waals surface area contributed by atoms with Crippen LogP contribution in [0.2, 0.25) is 0 Å². The first-order chi connectivity index (χ1) is 28.8. The standard InChI is InChI=1S/C56H47NSSi/c1-55(2)34-35-56(3,4)50-37-42(32-33-49(50)55)59(39-19-7-5-8-20-39,40-21-9-6-10-22-40)41-23-15-18-38(36-41)57-51-30-13-11-24-43(51)45-26-16-27-46(53(45)57)48-29-17-28-47-44-25-12-14-31-52(44)58-54(47)48/h5-33,36-37H,34-35H2,1-4H3. The van der Waals surface area contributed by atoms with Gasteiger partial charge >= 0.3 is 0 Å². The monoisotopic (exact) mass is 793 g/mol. The third-order valence-corrected chi connectivity index (χ3v) is 19.6. The van der Waals surface area contributed by atoms with E-state index in [4.69, 9.17) is 0 Å². The lowest BCUT2D eigenvalue weighted by Crippen LogP contribution is -2.75. The van der Waals surface area contributed by atoms with E-state index in [1.165, 1.54) is 104 Å². The molecule has 59 heavy (non-hydrogen) atoms. The Morgan fingerprint density at radius 2 is 1.00 bits per heavy atom. The minimum absolute atomic E-state index is 0.0901. The van der Waals surface area contributed by atoms with Crippen LogP contribution in [0.25, 0.3) is 58.8 Å². The van der Waals surface area contributed by atoms with Gasteiger partial charge in [-0.25, -0.2) is 0 Å². The highest BCUT2D eigenvalue weighted by atomic mass is 32.1. The van der Waals surface area contributed by atoms with E-state index >= 15 is 0 Å². The van der Waals surface area contributed by atoms with E-state index in [1.54, 1.807) is 0 Å². The third kappa shape index (κ3) is 5.48. The van der Waals surface area contributed by atoms with Crippen molar-refractivity contribution in [1.82, 2.24) is 4.57 Å². The van der Waals surface area contributed by atoms with Gasteiger partial charge in [0.1, 0.15) is 0 Å². The van der Waals surface area contributed by atoms with E-state index in [2.05, 4.69) is 220 Å². The first-order valence-electron chi connectivity index (χ1n) is 21.1. The largest absolute Gasteiger partial charge is 0.309 e. The topological polar surface area (TPSA) is 4.93 Å². The Morgan fingerprint density at radius 1 is 0.441 bits per heavy atom. The highest BCUT2D eigenvalue weighted by Crippen LogP contribution is 2.46. The summed E-state index contributed by atoms with van der Waals surface area (Å²) in [5.41, 5.74) is 9.44. The number of aromatic nitrogens is 1. The fourth-order valence-electron chi connectivity index (χ4n) is 10.5. The Bertz CT molecular complexity index is 3180. The van der Waals surface area contributed by atoms with Crippen LogP contribution >= 0.6 is 11.3 Å². The van der Waals surface area contributed by atoms with Gasteiger partial charge < -0.3 is 4.57 Å². The fourth-order valence-corrected chi connectivity index (χ4v) is 16.6. The molecule has 3 heteroatoms. The third-order valence-electron chi connectivity index (χ3n) is 13.6. The normalized spacial score (nSPS) is 14.9. The summed E-state index contributed by atoms with van der Waals surface area (Å²) in [4.78, 5) is 0. The second kappa shape index (κ2) is 13.5. The zero-order valence-corrected chi connectivity index (χ0v) is 36.0. The second-order valence-corrected chi connectivity index (χ2v) is 22.8. The number of hydrogen-bond acceptors (Lipinski definition) is 1. The van der Waals surface area contributed by atoms with Crippen LogP contribution in [-0.2, 0) is 10.8 Å². The van der Waals surface area contributed by atoms with Crippen molar-refractivity contribution in [2.45, 2.75) is 51.4 Å². The van der Waals surface area contributed by atoms with Gasteiger partial charge in [-0.15, -0.1) is 11.3 Å². The zero-order valence-electron chi connectivity index (χ0n) is 34.2. The van der Waals surface area contributed by atoms with Gasteiger partial charge in [0.2, 0.25) is 0 Å². The van der Waals surface area contributed by atoms with Crippen LogP contribution in [0.15, 0.2) is 188 Å². The molecule has 0 fully saturated rings. The zero-order chi connectivity index (χ0) is 39.9. The molecule has 0 spiro atoms. The SMILES string of the molecule is CC1(C)CCC(C)(C)c2cc([Si](c3ccccc3)(c3ccccc3)c3cccc(-n4c5ccccc5c5cccc(-c6cccc7c6sc6ccccc67)c54)c3)ccc21. The Kier molecular flexibility index (Phi) is 8.28. The molecule has 2 aromatic heterocycles. The molecule has 0 unspecified atom stereocenters. The molecule has 0 aliphatic heterocycles. The Balaban J connectivity index is 1.22. The first kappa shape index (κ1) is 36.1. The van der Waals surface area contributed by atoms with E-state index in [1.807, 2.05) is 11.3 Å². The molecule has 0 N–H and O–H groups in total. The summed E-state index contributed by atoms with van der Waals surface area (Å²) >= 11 is 1.90. The van der Waals surface area contributed by atoms with Gasteiger partial charge in [-0.05, 0) is 79.8 Å². The maximum atomic E-state index is 2.64. The molecule has 0 radical (unpaired) electrons. The van der Waals surface area contributed by atoms with Crippen molar-refractivity contribution >= 4 is 82.1 Å². The van der Waals surface area contributed by atoms with Gasteiger partial charge in [0.05, 0.1) is 11.0 Å². The van der Waals surface area contributed by atoms with Gasteiger partial charge in [-0.1, -0.05) is 191 Å². The molecule has 0 atom stereocenters. The average molecular weight is 794 g/mol. The number of rotatable bonds is 6. The number of para-hydroxylation sites is 2. The molecular formula is C56H47NSSi. The maximum absolute atomic E-state index is 2.89. The van der Waals surface area contributed by atoms with Gasteiger partial charge in [-0.2, -0.15) is 0 Å². The minimum atomic E-state index is -2.89. The minimum Gasteiger partial charge on any atom is -0.309 e. The van der Waals surface area contributed by atoms with Crippen molar-refractivity contribution in [3.8, 4) is 16.8 Å². The Hall–Kier alpha value is -6.00. The maximum Gasteiger partial charge on any atom is 0.179 e. The van der Waals surface area contributed by atoms with Crippen molar-refractivity contribution in [3.05, 3.63) is 199 Å². The number of thiophene rings is 1. The molecule has 286 valence electrons. The molecule has 10 aromatic rings. The molecule has 11 rings (SSSR count). The van der Waals surface area contributed by atoms with Crippen molar-refractivity contribution in [2.24, 2.45) is 0 Å². The summed E-state index contributed by atoms with van der Waals surface area (Å²) in [6, 6.07) is 71.7. The van der Waals surface area contributed by atoms with Crippen LogP contribution in [0.3, 0.4) is 0 Å². The molecule has 1 aliphatic carbocycles. The lowest BCUT2D eigenvalue weighted by atomic mass is 9.63. The summed E-state index contributed by atoms with van der Waals surface area (Å²) in [7, 11) is -2.89. The lowest BCUT2D eigenvalue weighted by Gasteiger charge is -2.43. The van der Waals surface area contributed by atoms with Crippen molar-refractivity contribution in [1.29, 1.82) is 0 Å². The van der Waals surface area contributed by atoms with Crippen molar-refractivity contribution < 1.29 is 0 Å². The van der Waals surface area contributed by atoms with Crippen LogP contribution in [0.1, 0.15) is 51.7 Å². The Morgan fingerprint density at radius 3 is 1.75 bits per heavy atom. The highest BCUT2D eigenvalue weighted by Gasteiger charge is 2.44. The average Bonchev–Trinajstić information content (AvgIpc) is 3.83. The Labute approximate surface area is 352 Å². The smallest absolute Gasteiger partial charge is 0.179 e. The number of fused-ring (bicyclic) bond motifs is 7. The van der Waals surface area contributed by atoms with Gasteiger partial charge in [0.25, 0.3) is 0 Å². The molecule has 1 aliphatic rings. The van der Waals surface area contributed by atoms with Crippen molar-refractivity contribution in [3.63, 3.8) is 0 Å². The van der Waals surface area contributed by atoms with E-state index < -0.39 is 8.07 Å². The molecule has 0 amide bonds. The summed E-state index contributed by atoms with van der Waals surface area (Å²) in [5.74, 6) is 0. The van der Waals surface area contributed by atoms with Gasteiger partial charge in [0.15, 0.2) is 8.07 Å². The van der Waals surface area contributed by atoms with Crippen LogP contribution in [-0.4, -0.2) is 12.6 Å². The summed E-state index contributed by atoms with van der Waals surface area (Å²) in [5, 5.41) is 10.8. The van der Waals surface area contributed by atoms with Crippen molar-refractivity contribution in [2.75, 3.05) is 0 Å². The van der Waals surface area contributed by atoms with Crippen LogP contribution in [0.5, 0.6) is 0 Å². The summed E-state index contributed by atoms with van der Waals surface area (Å²) in [6.45, 7) is 9.78. The number of benzene rings is 8. The summed E-state index contributed by atoms with van der Waals surface area (Å²) < 4.78 is 5.22. The molecular weight excluding hydrogens is 747 g/mol. The predicted octanol–water partition coefficient (Wildman–Crippen LogP) is 12.5. The number of hydrogen-bond donors (Lipinski definition) is 0. The molecule has 0 saturated carbocycles. The summed E-state index contributed by atoms with van der Waals surface area (Å²) in [6.07, 6.45) is 2.38. The second-order valence-electron chi connectivity index (χ2n) is 17.9. The van der Waals surface area contributed by atoms with Crippen LogP contribution < -0.4 is 20.7 Å². The molecule has 8 aromatic carbocycles.